The number of hydrogen-bond acceptors (Lipinski definition) is 4. The number of sulfonamides is 1. The Morgan fingerprint density at radius 2 is 2.07 bits per heavy atom. The zero-order chi connectivity index (χ0) is 11.2. The highest BCUT2D eigenvalue weighted by molar-refractivity contribution is 7.89. The Bertz CT molecular complexity index is 276. The monoisotopic (exact) mass is 223 g/mol. The van der Waals surface area contributed by atoms with Gasteiger partial charge >= 0.3 is 0 Å². The van der Waals surface area contributed by atoms with Gasteiger partial charge in [0.25, 0.3) is 0 Å². The van der Waals surface area contributed by atoms with Crippen LogP contribution in [0, 0.1) is 0 Å². The van der Waals surface area contributed by atoms with Gasteiger partial charge in [0.15, 0.2) is 0 Å². The molecule has 0 aromatic rings. The van der Waals surface area contributed by atoms with Crippen molar-refractivity contribution in [3.63, 3.8) is 0 Å². The van der Waals surface area contributed by atoms with Crippen molar-refractivity contribution in [3.8, 4) is 0 Å². The molecule has 0 fully saturated rings. The summed E-state index contributed by atoms with van der Waals surface area (Å²) in [6.45, 7) is 1.87. The average Bonchev–Trinajstić information content (AvgIpc) is 2.13. The second-order valence-corrected chi connectivity index (χ2v) is 4.79. The molecule has 0 spiro atoms. The summed E-state index contributed by atoms with van der Waals surface area (Å²) < 4.78 is 24.1. The molecule has 6 nitrogen and oxygen atoms in total. The topological polar surface area (TPSA) is 92.5 Å². The van der Waals surface area contributed by atoms with Gasteiger partial charge in [-0.05, 0) is 0 Å². The highest BCUT2D eigenvalue weighted by Crippen LogP contribution is 1.99. The first-order valence-corrected chi connectivity index (χ1v) is 5.97. The minimum absolute atomic E-state index is 0.0621. The van der Waals surface area contributed by atoms with E-state index in [1.807, 2.05) is 0 Å². The smallest absolute Gasteiger partial charge is 0.235 e. The highest BCUT2D eigenvalue weighted by atomic mass is 32.2. The maximum Gasteiger partial charge on any atom is 0.235 e. The molecule has 14 heavy (non-hydrogen) atoms. The Kier molecular flexibility index (Phi) is 5.66. The first-order chi connectivity index (χ1) is 6.47. The van der Waals surface area contributed by atoms with Crippen molar-refractivity contribution in [1.82, 2.24) is 9.62 Å². The van der Waals surface area contributed by atoms with Crippen molar-refractivity contribution < 1.29 is 13.2 Å². The number of nitrogens with zero attached hydrogens (tertiary/aromatic N) is 1. The lowest BCUT2D eigenvalue weighted by atomic mass is 10.5. The standard InChI is InChI=1S/C7H17N3O3S/c1-3-10(6-7(11)9-2)14(12,13)5-4-8/h3-6,8H2,1-2H3,(H,9,11). The summed E-state index contributed by atoms with van der Waals surface area (Å²) in [5.74, 6) is -0.454. The van der Waals surface area contributed by atoms with Crippen LogP contribution >= 0.6 is 0 Å². The van der Waals surface area contributed by atoms with Gasteiger partial charge in [-0.2, -0.15) is 4.31 Å². The van der Waals surface area contributed by atoms with Crippen LogP contribution in [0.3, 0.4) is 0 Å². The molecule has 0 atom stereocenters. The van der Waals surface area contributed by atoms with Gasteiger partial charge in [-0.1, -0.05) is 6.92 Å². The van der Waals surface area contributed by atoms with Crippen LogP contribution in [0.5, 0.6) is 0 Å². The molecule has 0 aliphatic heterocycles. The van der Waals surface area contributed by atoms with E-state index in [0.29, 0.717) is 0 Å². The number of carbonyl (C=O) groups is 1. The van der Waals surface area contributed by atoms with Crippen molar-refractivity contribution in [2.45, 2.75) is 6.92 Å². The van der Waals surface area contributed by atoms with Crippen molar-refractivity contribution in [3.05, 3.63) is 0 Å². The molecule has 0 unspecified atom stereocenters. The average molecular weight is 223 g/mol. The quantitative estimate of drug-likeness (QED) is 0.564. The van der Waals surface area contributed by atoms with Crippen LogP contribution in [0.4, 0.5) is 0 Å². The molecule has 0 saturated carbocycles. The van der Waals surface area contributed by atoms with Crippen LogP contribution in [0.25, 0.3) is 0 Å². The van der Waals surface area contributed by atoms with E-state index < -0.39 is 10.0 Å². The lowest BCUT2D eigenvalue weighted by Crippen LogP contribution is -2.41. The fraction of sp³-hybridized carbons (Fsp3) is 0.857. The molecule has 0 aromatic heterocycles. The van der Waals surface area contributed by atoms with Crippen LogP contribution in [-0.4, -0.2) is 51.1 Å². The summed E-state index contributed by atoms with van der Waals surface area (Å²) >= 11 is 0. The third-order valence-corrected chi connectivity index (χ3v) is 3.65. The van der Waals surface area contributed by atoms with E-state index in [2.05, 4.69) is 5.32 Å². The Morgan fingerprint density at radius 3 is 2.43 bits per heavy atom. The summed E-state index contributed by atoms with van der Waals surface area (Å²) in [5, 5.41) is 2.37. The van der Waals surface area contributed by atoms with Gasteiger partial charge in [0, 0.05) is 20.1 Å². The minimum atomic E-state index is -3.38. The maximum atomic E-state index is 11.5. The van der Waals surface area contributed by atoms with Crippen LogP contribution in [0.15, 0.2) is 0 Å². The predicted octanol–water partition coefficient (Wildman–Crippen LogP) is -1.66. The van der Waals surface area contributed by atoms with Crippen molar-refractivity contribution in [1.29, 1.82) is 0 Å². The number of nitrogens with two attached hydrogens (primary N) is 1. The largest absolute Gasteiger partial charge is 0.358 e. The molecule has 0 saturated heterocycles. The lowest BCUT2D eigenvalue weighted by Gasteiger charge is -2.18. The Morgan fingerprint density at radius 1 is 1.50 bits per heavy atom. The molecule has 0 aliphatic carbocycles. The van der Waals surface area contributed by atoms with Gasteiger partial charge in [0.05, 0.1) is 12.3 Å². The zero-order valence-corrected chi connectivity index (χ0v) is 9.30. The molecule has 7 heteroatoms. The molecule has 1 amide bonds. The van der Waals surface area contributed by atoms with E-state index >= 15 is 0 Å². The number of amides is 1. The number of nitrogens with one attached hydrogen (secondary N) is 1. The van der Waals surface area contributed by atoms with Gasteiger partial charge in [-0.25, -0.2) is 8.42 Å². The summed E-state index contributed by atoms with van der Waals surface area (Å²) in [6.07, 6.45) is 0. The normalized spacial score (nSPS) is 11.7. The van der Waals surface area contributed by atoms with Gasteiger partial charge in [-0.3, -0.25) is 4.79 Å². The number of rotatable bonds is 6. The zero-order valence-electron chi connectivity index (χ0n) is 8.49. The van der Waals surface area contributed by atoms with Crippen LogP contribution in [0.2, 0.25) is 0 Å². The van der Waals surface area contributed by atoms with Crippen LogP contribution in [0.1, 0.15) is 6.92 Å². The van der Waals surface area contributed by atoms with E-state index in [0.717, 1.165) is 4.31 Å². The van der Waals surface area contributed by atoms with E-state index in [4.69, 9.17) is 5.73 Å². The van der Waals surface area contributed by atoms with Crippen LogP contribution in [-0.2, 0) is 14.8 Å². The molecule has 0 bridgehead atoms. The molecule has 3 N–H and O–H groups in total. The molecular formula is C7H17N3O3S. The number of carbonyl (C=O) groups excluding carboxylic acids is 1. The second-order valence-electron chi connectivity index (χ2n) is 2.70. The predicted molar refractivity (Wildman–Crippen MR) is 54.2 cm³/mol. The molecular weight excluding hydrogens is 206 g/mol. The third-order valence-electron chi connectivity index (χ3n) is 1.72. The third kappa shape index (κ3) is 4.03. The summed E-state index contributed by atoms with van der Waals surface area (Å²) in [6, 6.07) is 0. The fourth-order valence-corrected chi connectivity index (χ4v) is 2.19. The van der Waals surface area contributed by atoms with Crippen LogP contribution < -0.4 is 11.1 Å². The molecule has 0 radical (unpaired) electrons. The maximum absolute atomic E-state index is 11.5. The molecule has 0 aliphatic rings. The Balaban J connectivity index is 4.48. The van der Waals surface area contributed by atoms with Gasteiger partial charge in [0.1, 0.15) is 0 Å². The molecule has 0 rings (SSSR count). The molecule has 84 valence electrons. The van der Waals surface area contributed by atoms with E-state index in [-0.39, 0.29) is 31.3 Å². The highest BCUT2D eigenvalue weighted by Gasteiger charge is 2.21. The van der Waals surface area contributed by atoms with Gasteiger partial charge in [0.2, 0.25) is 15.9 Å². The lowest BCUT2D eigenvalue weighted by molar-refractivity contribution is -0.120. The van der Waals surface area contributed by atoms with E-state index in [1.54, 1.807) is 6.92 Å². The summed E-state index contributed by atoms with van der Waals surface area (Å²) in [4.78, 5) is 11.0. The minimum Gasteiger partial charge on any atom is -0.358 e. The SMILES string of the molecule is CCN(CC(=O)NC)S(=O)(=O)CCN. The number of hydrogen-bond donors (Lipinski definition) is 2. The van der Waals surface area contributed by atoms with Gasteiger partial charge in [-0.15, -0.1) is 0 Å². The second kappa shape index (κ2) is 5.94. The van der Waals surface area contributed by atoms with Crippen molar-refractivity contribution in [2.24, 2.45) is 5.73 Å². The van der Waals surface area contributed by atoms with Gasteiger partial charge < -0.3 is 11.1 Å². The van der Waals surface area contributed by atoms with Crippen molar-refractivity contribution in [2.75, 3.05) is 32.4 Å². The fourth-order valence-electron chi connectivity index (χ4n) is 0.924. The molecule has 0 heterocycles. The molecule has 0 aromatic carbocycles. The summed E-state index contributed by atoms with van der Waals surface area (Å²) in [5.41, 5.74) is 5.16. The Hall–Kier alpha value is -0.660. The Labute approximate surface area is 84.5 Å². The van der Waals surface area contributed by atoms with E-state index in [1.165, 1.54) is 7.05 Å². The first kappa shape index (κ1) is 13.3. The first-order valence-electron chi connectivity index (χ1n) is 4.36. The number of likely N-dealkylation sites (N-methyl/N-ethyl adjacent to an activating group) is 2. The van der Waals surface area contributed by atoms with E-state index in [9.17, 15) is 13.2 Å². The summed E-state index contributed by atoms with van der Waals surface area (Å²) in [7, 11) is -1.92. The van der Waals surface area contributed by atoms with Crippen molar-refractivity contribution >= 4 is 15.9 Å².